The fourth-order valence-corrected chi connectivity index (χ4v) is 2.35. The minimum Gasteiger partial charge on any atom is -0.400 e. The molecule has 0 aliphatic rings. The van der Waals surface area contributed by atoms with E-state index in [1.165, 1.54) is 11.8 Å². The summed E-state index contributed by atoms with van der Waals surface area (Å²) in [5.41, 5.74) is 3.00. The minimum atomic E-state index is -0.435. The van der Waals surface area contributed by atoms with E-state index in [0.717, 1.165) is 38.2 Å². The molecule has 2 amide bonds. The van der Waals surface area contributed by atoms with Crippen LogP contribution >= 0.6 is 0 Å². The van der Waals surface area contributed by atoms with Gasteiger partial charge in [0, 0.05) is 13.7 Å². The Morgan fingerprint density at radius 2 is 1.64 bits per heavy atom. The standard InChI is InChI=1S/C18H28N2O3.C4H9NO3.C2H4O.CH4O/c1-16(2)9-10-19(3)13-18(20(15-22)11-12-21)23-14-17-7-5-4-6-8-17;1-4(2-6)8-5-3-7;1-2-3;1-2/h4-8,12,15-16,18H,9-11,13-14H2,1-3H3;3-4,6H,2H2,1H3,(H,5,7);2H,1H3;2H,1H3. The summed E-state index contributed by atoms with van der Waals surface area (Å²) in [6.45, 7) is 9.30. The van der Waals surface area contributed by atoms with Crippen molar-refractivity contribution in [1.82, 2.24) is 15.3 Å². The number of rotatable bonds is 16. The van der Waals surface area contributed by atoms with Crippen LogP contribution in [0.2, 0.25) is 0 Å². The lowest BCUT2D eigenvalue weighted by atomic mass is 10.1. The van der Waals surface area contributed by atoms with Gasteiger partial charge in [-0.05, 0) is 45.3 Å². The van der Waals surface area contributed by atoms with Crippen LogP contribution in [0, 0.1) is 5.92 Å². The molecule has 208 valence electrons. The molecule has 0 fully saturated rings. The molecular weight excluding hydrogens is 470 g/mol. The van der Waals surface area contributed by atoms with E-state index >= 15 is 0 Å². The lowest BCUT2D eigenvalue weighted by Crippen LogP contribution is -2.45. The summed E-state index contributed by atoms with van der Waals surface area (Å²) < 4.78 is 5.91. The molecule has 2 unspecified atom stereocenters. The SMILES string of the molecule is CC(C)CCN(C)CC(OCc1ccccc1)N(C=O)CC=O.CC(CO)ONC=O.CC=O.CO. The van der Waals surface area contributed by atoms with E-state index in [2.05, 4.69) is 23.6 Å². The second-order valence-electron chi connectivity index (χ2n) is 7.75. The van der Waals surface area contributed by atoms with Gasteiger partial charge in [0.2, 0.25) is 12.8 Å². The first-order chi connectivity index (χ1) is 17.3. The molecule has 0 saturated carbocycles. The summed E-state index contributed by atoms with van der Waals surface area (Å²) >= 11 is 0. The van der Waals surface area contributed by atoms with Gasteiger partial charge >= 0.3 is 0 Å². The number of hydrogen-bond donors (Lipinski definition) is 3. The molecule has 3 N–H and O–H groups in total. The number of likely N-dealkylation sites (N-methyl/N-ethyl adjacent to an activating group) is 1. The number of carbonyl (C=O) groups is 4. The summed E-state index contributed by atoms with van der Waals surface area (Å²) in [4.78, 5) is 48.4. The maximum atomic E-state index is 11.3. The van der Waals surface area contributed by atoms with Crippen molar-refractivity contribution in [3.8, 4) is 0 Å². The Morgan fingerprint density at radius 1 is 1.06 bits per heavy atom. The van der Waals surface area contributed by atoms with E-state index in [-0.39, 0.29) is 19.3 Å². The second-order valence-corrected chi connectivity index (χ2v) is 7.75. The van der Waals surface area contributed by atoms with Gasteiger partial charge in [-0.15, -0.1) is 0 Å². The third kappa shape index (κ3) is 24.4. The van der Waals surface area contributed by atoms with Crippen molar-refractivity contribution >= 4 is 25.4 Å². The Morgan fingerprint density at radius 3 is 2.08 bits per heavy atom. The minimum absolute atomic E-state index is 0.0426. The van der Waals surface area contributed by atoms with Crippen molar-refractivity contribution in [3.63, 3.8) is 0 Å². The molecule has 0 aliphatic carbocycles. The first kappa shape index (κ1) is 37.8. The Bertz CT molecular complexity index is 635. The van der Waals surface area contributed by atoms with Crippen LogP contribution in [-0.4, -0.2) is 98.1 Å². The van der Waals surface area contributed by atoms with Gasteiger partial charge < -0.3 is 34.3 Å². The van der Waals surface area contributed by atoms with Crippen molar-refractivity contribution in [2.45, 2.75) is 53.1 Å². The Kier molecular flexibility index (Phi) is 30.0. The number of aliphatic hydroxyl groups is 2. The van der Waals surface area contributed by atoms with Crippen LogP contribution in [-0.2, 0) is 35.4 Å². The molecule has 0 aliphatic heterocycles. The average Bonchev–Trinajstić information content (AvgIpc) is 2.89. The van der Waals surface area contributed by atoms with Crippen molar-refractivity contribution in [2.24, 2.45) is 5.92 Å². The molecule has 0 heterocycles. The first-order valence-electron chi connectivity index (χ1n) is 11.6. The van der Waals surface area contributed by atoms with Gasteiger partial charge in [-0.25, -0.2) is 5.48 Å². The zero-order valence-electron chi connectivity index (χ0n) is 22.4. The molecule has 36 heavy (non-hydrogen) atoms. The Labute approximate surface area is 215 Å². The summed E-state index contributed by atoms with van der Waals surface area (Å²) in [5.74, 6) is 0.623. The fourth-order valence-electron chi connectivity index (χ4n) is 2.35. The van der Waals surface area contributed by atoms with Gasteiger partial charge in [0.25, 0.3) is 0 Å². The molecule has 1 aromatic carbocycles. The summed E-state index contributed by atoms with van der Waals surface area (Å²) in [6.07, 6.45) is 2.88. The number of aldehydes is 2. The molecule has 0 saturated heterocycles. The van der Waals surface area contributed by atoms with E-state index in [9.17, 15) is 14.4 Å². The van der Waals surface area contributed by atoms with E-state index in [1.807, 2.05) is 42.9 Å². The van der Waals surface area contributed by atoms with Crippen LogP contribution in [0.25, 0.3) is 0 Å². The lowest BCUT2D eigenvalue weighted by molar-refractivity contribution is -0.139. The Hall–Kier alpha value is -2.70. The quantitative estimate of drug-likeness (QED) is 0.167. The van der Waals surface area contributed by atoms with Crippen LogP contribution in [0.15, 0.2) is 30.3 Å². The summed E-state index contributed by atoms with van der Waals surface area (Å²) in [6, 6.07) is 9.80. The number of benzene rings is 1. The van der Waals surface area contributed by atoms with Gasteiger partial charge in [0.05, 0.1) is 19.8 Å². The second kappa shape index (κ2) is 28.5. The van der Waals surface area contributed by atoms with Crippen LogP contribution < -0.4 is 5.48 Å². The van der Waals surface area contributed by atoms with Crippen LogP contribution in [0.3, 0.4) is 0 Å². The molecule has 11 heteroatoms. The van der Waals surface area contributed by atoms with Crippen molar-refractivity contribution in [2.75, 3.05) is 40.4 Å². The molecule has 1 rings (SSSR count). The van der Waals surface area contributed by atoms with E-state index < -0.39 is 6.23 Å². The van der Waals surface area contributed by atoms with Crippen LogP contribution in [0.4, 0.5) is 0 Å². The molecule has 2 atom stereocenters. The zero-order chi connectivity index (χ0) is 28.2. The van der Waals surface area contributed by atoms with Crippen molar-refractivity contribution in [1.29, 1.82) is 0 Å². The fraction of sp³-hybridized carbons (Fsp3) is 0.600. The summed E-state index contributed by atoms with van der Waals surface area (Å²) in [5, 5.41) is 15.3. The molecule has 0 aromatic heterocycles. The largest absolute Gasteiger partial charge is 0.400 e. The average molecular weight is 516 g/mol. The molecule has 0 spiro atoms. The number of carbonyl (C=O) groups excluding carboxylic acids is 4. The maximum absolute atomic E-state index is 11.3. The van der Waals surface area contributed by atoms with E-state index in [0.29, 0.717) is 31.9 Å². The van der Waals surface area contributed by atoms with E-state index in [4.69, 9.17) is 19.7 Å². The predicted octanol–water partition coefficient (Wildman–Crippen LogP) is 1.02. The highest BCUT2D eigenvalue weighted by molar-refractivity contribution is 5.59. The molecule has 0 bridgehead atoms. The third-order valence-corrected chi connectivity index (χ3v) is 4.21. The number of hydrogen-bond acceptors (Lipinski definition) is 9. The zero-order valence-corrected chi connectivity index (χ0v) is 22.4. The monoisotopic (exact) mass is 515 g/mol. The highest BCUT2D eigenvalue weighted by Crippen LogP contribution is 2.09. The van der Waals surface area contributed by atoms with Gasteiger partial charge in [0.15, 0.2) is 0 Å². The van der Waals surface area contributed by atoms with Gasteiger partial charge in [-0.3, -0.25) is 14.4 Å². The van der Waals surface area contributed by atoms with E-state index in [1.54, 1.807) is 6.92 Å². The molecule has 1 aromatic rings. The van der Waals surface area contributed by atoms with Crippen LogP contribution in [0.1, 0.15) is 39.7 Å². The highest BCUT2D eigenvalue weighted by atomic mass is 16.7. The first-order valence-corrected chi connectivity index (χ1v) is 11.6. The van der Waals surface area contributed by atoms with Gasteiger partial charge in [0.1, 0.15) is 24.9 Å². The Balaban J connectivity index is -0.000000696. The number of nitrogens with one attached hydrogen (secondary N) is 1. The maximum Gasteiger partial charge on any atom is 0.230 e. The summed E-state index contributed by atoms with van der Waals surface area (Å²) in [7, 11) is 3.01. The number of aliphatic hydroxyl groups excluding tert-OH is 2. The number of ether oxygens (including phenoxy) is 1. The third-order valence-electron chi connectivity index (χ3n) is 4.21. The van der Waals surface area contributed by atoms with Gasteiger partial charge in [-0.2, -0.15) is 0 Å². The molecule has 0 radical (unpaired) electrons. The lowest BCUT2D eigenvalue weighted by Gasteiger charge is -2.31. The highest BCUT2D eigenvalue weighted by Gasteiger charge is 2.19. The topological polar surface area (TPSA) is 146 Å². The number of hydroxylamine groups is 1. The predicted molar refractivity (Wildman–Crippen MR) is 138 cm³/mol. The van der Waals surface area contributed by atoms with Crippen molar-refractivity contribution < 1.29 is 39.0 Å². The number of nitrogens with zero attached hydrogens (tertiary/aromatic N) is 2. The smallest absolute Gasteiger partial charge is 0.230 e. The number of amides is 2. The van der Waals surface area contributed by atoms with Crippen LogP contribution in [0.5, 0.6) is 0 Å². The molecular formula is C25H45N3O8. The molecule has 11 nitrogen and oxygen atoms in total. The normalized spacial score (nSPS) is 11.3. The van der Waals surface area contributed by atoms with Crippen molar-refractivity contribution in [3.05, 3.63) is 35.9 Å². The van der Waals surface area contributed by atoms with Gasteiger partial charge in [-0.1, -0.05) is 44.2 Å².